The molecule has 0 aliphatic carbocycles. The lowest BCUT2D eigenvalue weighted by Crippen LogP contribution is -2.10. The van der Waals surface area contributed by atoms with Crippen molar-refractivity contribution in [2.45, 2.75) is 30.2 Å². The number of nitrogens with zero attached hydrogens (tertiary/aromatic N) is 1. The Morgan fingerprint density at radius 1 is 1.00 bits per heavy atom. The van der Waals surface area contributed by atoms with E-state index in [0.29, 0.717) is 16.8 Å². The molecule has 130 valence electrons. The standard InChI is InChI=1S/C19H19FN2O2S/c1-13-14(2)22(12-15-8-6-7-11-17(15)20)19(21)18(13)25(23,24)16-9-4-3-5-10-16/h3-11H,12,21H2,1-2H3. The lowest BCUT2D eigenvalue weighted by Gasteiger charge is -2.10. The van der Waals surface area contributed by atoms with E-state index in [1.165, 1.54) is 18.2 Å². The van der Waals surface area contributed by atoms with Crippen LogP contribution in [0, 0.1) is 19.7 Å². The van der Waals surface area contributed by atoms with Gasteiger partial charge in [-0.05, 0) is 37.6 Å². The number of benzene rings is 2. The Morgan fingerprint density at radius 2 is 1.60 bits per heavy atom. The zero-order valence-corrected chi connectivity index (χ0v) is 14.8. The zero-order chi connectivity index (χ0) is 18.2. The summed E-state index contributed by atoms with van der Waals surface area (Å²) >= 11 is 0. The lowest BCUT2D eigenvalue weighted by atomic mass is 10.2. The fourth-order valence-electron chi connectivity index (χ4n) is 2.92. The first-order chi connectivity index (χ1) is 11.8. The Kier molecular flexibility index (Phi) is 4.39. The molecule has 0 bridgehead atoms. The van der Waals surface area contributed by atoms with Crippen LogP contribution in [-0.2, 0) is 16.4 Å². The molecule has 0 unspecified atom stereocenters. The van der Waals surface area contributed by atoms with Gasteiger partial charge < -0.3 is 10.3 Å². The molecule has 1 aromatic heterocycles. The molecule has 0 amide bonds. The highest BCUT2D eigenvalue weighted by Crippen LogP contribution is 2.33. The number of nitrogens with two attached hydrogens (primary N) is 1. The molecule has 0 aliphatic heterocycles. The minimum Gasteiger partial charge on any atom is -0.384 e. The fraction of sp³-hybridized carbons (Fsp3) is 0.158. The van der Waals surface area contributed by atoms with Crippen LogP contribution in [0.2, 0.25) is 0 Å². The van der Waals surface area contributed by atoms with Crippen molar-refractivity contribution in [1.29, 1.82) is 0 Å². The van der Waals surface area contributed by atoms with Gasteiger partial charge in [0.1, 0.15) is 16.5 Å². The minimum absolute atomic E-state index is 0.0903. The number of rotatable bonds is 4. The summed E-state index contributed by atoms with van der Waals surface area (Å²) in [6.45, 7) is 3.69. The highest BCUT2D eigenvalue weighted by Gasteiger charge is 2.28. The molecule has 0 aliphatic rings. The highest BCUT2D eigenvalue weighted by atomic mass is 32.2. The molecule has 0 radical (unpaired) electrons. The van der Waals surface area contributed by atoms with Crippen LogP contribution in [-0.4, -0.2) is 13.0 Å². The monoisotopic (exact) mass is 358 g/mol. The van der Waals surface area contributed by atoms with E-state index in [0.717, 1.165) is 0 Å². The second-order valence-electron chi connectivity index (χ2n) is 5.92. The van der Waals surface area contributed by atoms with Gasteiger partial charge in [0, 0.05) is 11.3 Å². The van der Waals surface area contributed by atoms with Crippen molar-refractivity contribution in [3.63, 3.8) is 0 Å². The summed E-state index contributed by atoms with van der Waals surface area (Å²) in [5.74, 6) is -0.220. The Bertz CT molecular complexity index is 1030. The number of nitrogen functional groups attached to an aromatic ring is 1. The van der Waals surface area contributed by atoms with Gasteiger partial charge in [-0.25, -0.2) is 12.8 Å². The van der Waals surface area contributed by atoms with Crippen molar-refractivity contribution in [1.82, 2.24) is 4.57 Å². The van der Waals surface area contributed by atoms with Crippen LogP contribution in [0.1, 0.15) is 16.8 Å². The minimum atomic E-state index is -3.74. The number of aromatic nitrogens is 1. The van der Waals surface area contributed by atoms with Crippen molar-refractivity contribution >= 4 is 15.7 Å². The van der Waals surface area contributed by atoms with E-state index in [1.54, 1.807) is 54.8 Å². The van der Waals surface area contributed by atoms with E-state index in [9.17, 15) is 12.8 Å². The Labute approximate surface area is 146 Å². The van der Waals surface area contributed by atoms with Crippen LogP contribution in [0.15, 0.2) is 64.4 Å². The van der Waals surface area contributed by atoms with Gasteiger partial charge in [-0.3, -0.25) is 0 Å². The van der Waals surface area contributed by atoms with E-state index in [2.05, 4.69) is 0 Å². The van der Waals surface area contributed by atoms with E-state index in [-0.39, 0.29) is 28.0 Å². The maximum atomic E-state index is 14.0. The molecular formula is C19H19FN2O2S. The molecule has 25 heavy (non-hydrogen) atoms. The molecule has 0 saturated heterocycles. The second-order valence-corrected chi connectivity index (χ2v) is 7.81. The SMILES string of the molecule is Cc1c(S(=O)(=O)c2ccccc2)c(N)n(Cc2ccccc2F)c1C. The van der Waals surface area contributed by atoms with Crippen molar-refractivity contribution in [2.24, 2.45) is 0 Å². The third-order valence-corrected chi connectivity index (χ3v) is 6.37. The summed E-state index contributed by atoms with van der Waals surface area (Å²) in [5, 5.41) is 0. The molecule has 1 heterocycles. The predicted octanol–water partition coefficient (Wildman–Crippen LogP) is 3.71. The normalized spacial score (nSPS) is 11.6. The van der Waals surface area contributed by atoms with Gasteiger partial charge in [0.15, 0.2) is 0 Å². The van der Waals surface area contributed by atoms with Gasteiger partial charge in [0.05, 0.1) is 11.4 Å². The van der Waals surface area contributed by atoms with Gasteiger partial charge in [-0.2, -0.15) is 0 Å². The first kappa shape index (κ1) is 17.2. The van der Waals surface area contributed by atoms with Crippen LogP contribution < -0.4 is 5.73 Å². The maximum absolute atomic E-state index is 14.0. The molecule has 0 fully saturated rings. The topological polar surface area (TPSA) is 65.1 Å². The molecule has 6 heteroatoms. The van der Waals surface area contributed by atoms with Gasteiger partial charge in [0.2, 0.25) is 9.84 Å². The van der Waals surface area contributed by atoms with E-state index >= 15 is 0 Å². The molecule has 2 aromatic carbocycles. The highest BCUT2D eigenvalue weighted by molar-refractivity contribution is 7.91. The molecule has 3 aromatic rings. The van der Waals surface area contributed by atoms with Crippen LogP contribution in [0.25, 0.3) is 0 Å². The van der Waals surface area contributed by atoms with Crippen LogP contribution >= 0.6 is 0 Å². The van der Waals surface area contributed by atoms with Crippen LogP contribution in [0.4, 0.5) is 10.2 Å². The van der Waals surface area contributed by atoms with E-state index in [1.807, 2.05) is 0 Å². The molecule has 2 N–H and O–H groups in total. The molecule has 0 saturated carbocycles. The van der Waals surface area contributed by atoms with Gasteiger partial charge in [-0.1, -0.05) is 36.4 Å². The third-order valence-electron chi connectivity index (χ3n) is 4.42. The van der Waals surface area contributed by atoms with Crippen molar-refractivity contribution < 1.29 is 12.8 Å². The average Bonchev–Trinajstić information content (AvgIpc) is 2.81. The Morgan fingerprint density at radius 3 is 2.24 bits per heavy atom. The van der Waals surface area contributed by atoms with E-state index < -0.39 is 9.84 Å². The summed E-state index contributed by atoms with van der Waals surface area (Å²) in [6, 6.07) is 14.6. The largest absolute Gasteiger partial charge is 0.384 e. The smallest absolute Gasteiger partial charge is 0.210 e. The molecular weight excluding hydrogens is 339 g/mol. The maximum Gasteiger partial charge on any atom is 0.210 e. The number of halogens is 1. The Balaban J connectivity index is 2.14. The summed E-state index contributed by atoms with van der Waals surface area (Å²) < 4.78 is 41.6. The van der Waals surface area contributed by atoms with E-state index in [4.69, 9.17) is 5.73 Å². The summed E-state index contributed by atoms with van der Waals surface area (Å²) in [7, 11) is -3.74. The number of hydrogen-bond donors (Lipinski definition) is 1. The van der Waals surface area contributed by atoms with Crippen molar-refractivity contribution in [3.05, 3.63) is 77.2 Å². The summed E-state index contributed by atoms with van der Waals surface area (Å²) in [6.07, 6.45) is 0. The third kappa shape index (κ3) is 2.93. The van der Waals surface area contributed by atoms with Gasteiger partial charge in [0.25, 0.3) is 0 Å². The van der Waals surface area contributed by atoms with Crippen molar-refractivity contribution in [3.8, 4) is 0 Å². The number of hydrogen-bond acceptors (Lipinski definition) is 3. The quantitative estimate of drug-likeness (QED) is 0.773. The number of sulfone groups is 1. The molecule has 0 atom stereocenters. The Hall–Kier alpha value is -2.60. The molecule has 3 rings (SSSR count). The second kappa shape index (κ2) is 6.37. The molecule has 0 spiro atoms. The first-order valence-electron chi connectivity index (χ1n) is 7.82. The van der Waals surface area contributed by atoms with Crippen molar-refractivity contribution in [2.75, 3.05) is 5.73 Å². The van der Waals surface area contributed by atoms with Gasteiger partial charge >= 0.3 is 0 Å². The van der Waals surface area contributed by atoms with Gasteiger partial charge in [-0.15, -0.1) is 0 Å². The molecule has 4 nitrogen and oxygen atoms in total. The van der Waals surface area contributed by atoms with Crippen LogP contribution in [0.5, 0.6) is 0 Å². The lowest BCUT2D eigenvalue weighted by molar-refractivity contribution is 0.595. The zero-order valence-electron chi connectivity index (χ0n) is 14.0. The predicted molar refractivity (Wildman–Crippen MR) is 95.7 cm³/mol. The summed E-state index contributed by atoms with van der Waals surface area (Å²) in [5.41, 5.74) is 7.93. The van der Waals surface area contributed by atoms with Crippen LogP contribution in [0.3, 0.4) is 0 Å². The number of anilines is 1. The fourth-order valence-corrected chi connectivity index (χ4v) is 4.61. The first-order valence-corrected chi connectivity index (χ1v) is 9.31. The summed E-state index contributed by atoms with van der Waals surface area (Å²) in [4.78, 5) is 0.278. The average molecular weight is 358 g/mol.